The van der Waals surface area contributed by atoms with Crippen LogP contribution in [0.4, 0.5) is 8.78 Å². The monoisotopic (exact) mass is 321 g/mol. The van der Waals surface area contributed by atoms with Crippen molar-refractivity contribution in [3.8, 4) is 11.3 Å². The van der Waals surface area contributed by atoms with Gasteiger partial charge in [0.25, 0.3) is 5.56 Å². The predicted octanol–water partition coefficient (Wildman–Crippen LogP) is -0.315. The van der Waals surface area contributed by atoms with Crippen LogP contribution in [-0.2, 0) is 14.1 Å². The zero-order valence-electron chi connectivity index (χ0n) is 12.1. The highest BCUT2D eigenvalue weighted by Gasteiger charge is 2.21. The summed E-state index contributed by atoms with van der Waals surface area (Å²) < 4.78 is 28.5. The minimum absolute atomic E-state index is 0.00106. The number of hydrogen-bond donors (Lipinski definition) is 1. The van der Waals surface area contributed by atoms with Crippen molar-refractivity contribution in [2.24, 2.45) is 14.1 Å². The minimum atomic E-state index is -1.12. The first-order valence-electron chi connectivity index (χ1n) is 6.52. The third-order valence-electron chi connectivity index (χ3n) is 3.59. The van der Waals surface area contributed by atoms with Crippen LogP contribution in [0.2, 0.25) is 0 Å². The van der Waals surface area contributed by atoms with Gasteiger partial charge in [-0.05, 0) is 18.2 Å². The molecule has 0 radical (unpaired) electrons. The van der Waals surface area contributed by atoms with Crippen LogP contribution in [0.15, 0.2) is 32.6 Å². The zero-order valence-corrected chi connectivity index (χ0v) is 12.1. The summed E-state index contributed by atoms with van der Waals surface area (Å²) in [4.78, 5) is 40.9. The summed E-state index contributed by atoms with van der Waals surface area (Å²) in [6.07, 6.45) is 0. The maximum atomic E-state index is 13.5. The lowest BCUT2D eigenvalue weighted by Gasteiger charge is -2.06. The standard InChI is InChI=1S/C14H10F2N4O3/c1-19-11-9(12(21)20(2)14(19)23)10(17-13(22)18-11)6-3-4-7(15)8(16)5-6/h3-5H,1-2H3,(H,17,18,22)/p+1. The summed E-state index contributed by atoms with van der Waals surface area (Å²) in [6, 6.07) is 2.98. The van der Waals surface area contributed by atoms with Crippen molar-refractivity contribution in [2.75, 3.05) is 0 Å². The number of benzene rings is 1. The number of H-pyrrole nitrogens is 2. The van der Waals surface area contributed by atoms with E-state index < -0.39 is 28.6 Å². The molecule has 0 aliphatic carbocycles. The lowest BCUT2D eigenvalue weighted by Crippen LogP contribution is -2.43. The van der Waals surface area contributed by atoms with E-state index in [4.69, 9.17) is 0 Å². The molecule has 7 nitrogen and oxygen atoms in total. The molecule has 0 atom stereocenters. The van der Waals surface area contributed by atoms with E-state index in [9.17, 15) is 23.2 Å². The second kappa shape index (κ2) is 4.97. The summed E-state index contributed by atoms with van der Waals surface area (Å²) in [5, 5.41) is -0.0137. The van der Waals surface area contributed by atoms with E-state index >= 15 is 0 Å². The highest BCUT2D eigenvalue weighted by atomic mass is 19.2. The average Bonchev–Trinajstić information content (AvgIpc) is 2.52. The van der Waals surface area contributed by atoms with Crippen molar-refractivity contribution in [2.45, 2.75) is 0 Å². The average molecular weight is 321 g/mol. The fraction of sp³-hybridized carbons (Fsp3) is 0.143. The van der Waals surface area contributed by atoms with Crippen LogP contribution in [0.1, 0.15) is 0 Å². The number of aryl methyl sites for hydroxylation is 1. The normalized spacial score (nSPS) is 11.1. The minimum Gasteiger partial charge on any atom is -0.268 e. The van der Waals surface area contributed by atoms with Gasteiger partial charge in [-0.1, -0.05) is 0 Å². The highest BCUT2D eigenvalue weighted by molar-refractivity contribution is 5.87. The Morgan fingerprint density at radius 2 is 1.74 bits per heavy atom. The molecule has 0 aliphatic heterocycles. The van der Waals surface area contributed by atoms with E-state index in [0.29, 0.717) is 0 Å². The largest absolute Gasteiger partial charge is 0.439 e. The van der Waals surface area contributed by atoms with Gasteiger partial charge < -0.3 is 0 Å². The van der Waals surface area contributed by atoms with Gasteiger partial charge in [-0.15, -0.1) is 0 Å². The summed E-state index contributed by atoms with van der Waals surface area (Å²) in [7, 11) is 2.67. The molecule has 0 saturated heterocycles. The van der Waals surface area contributed by atoms with Gasteiger partial charge in [0.15, 0.2) is 17.0 Å². The molecule has 0 aliphatic rings. The van der Waals surface area contributed by atoms with Gasteiger partial charge in [-0.25, -0.2) is 37.5 Å². The maximum absolute atomic E-state index is 13.5. The molecule has 0 amide bonds. The van der Waals surface area contributed by atoms with Gasteiger partial charge in [0.1, 0.15) is 5.69 Å². The number of fused-ring (bicyclic) bond motifs is 1. The molecule has 118 valence electrons. The topological polar surface area (TPSA) is 91.0 Å². The maximum Gasteiger partial charge on any atom is 0.439 e. The SMILES string of the molecule is Cn1c(=O)c2c(-c3ccc(F)c(F)c3)[nH]c(=O)[nH+]c2n(C)c1=O. The smallest absolute Gasteiger partial charge is 0.268 e. The Balaban J connectivity index is 2.56. The third kappa shape index (κ3) is 2.17. The molecule has 3 rings (SSSR count). The van der Waals surface area contributed by atoms with Gasteiger partial charge in [-0.3, -0.25) is 4.79 Å². The molecule has 2 heterocycles. The molecule has 0 unspecified atom stereocenters. The third-order valence-corrected chi connectivity index (χ3v) is 3.59. The summed E-state index contributed by atoms with van der Waals surface area (Å²) in [5.41, 5.74) is -1.90. The quantitative estimate of drug-likeness (QED) is 0.666. The molecular weight excluding hydrogens is 310 g/mol. The van der Waals surface area contributed by atoms with E-state index in [1.54, 1.807) is 0 Å². The molecule has 9 heteroatoms. The first kappa shape index (κ1) is 14.8. The fourth-order valence-electron chi connectivity index (χ4n) is 2.40. The Bertz CT molecular complexity index is 1130. The summed E-state index contributed by atoms with van der Waals surface area (Å²) in [6.45, 7) is 0. The highest BCUT2D eigenvalue weighted by Crippen LogP contribution is 2.22. The molecule has 3 aromatic rings. The van der Waals surface area contributed by atoms with Crippen molar-refractivity contribution in [1.82, 2.24) is 14.1 Å². The Kier molecular flexibility index (Phi) is 3.20. The Morgan fingerprint density at radius 3 is 2.39 bits per heavy atom. The fourth-order valence-corrected chi connectivity index (χ4v) is 2.40. The number of hydrogen-bond acceptors (Lipinski definition) is 3. The number of nitrogens with one attached hydrogen (secondary N) is 2. The van der Waals surface area contributed by atoms with E-state index in [-0.39, 0.29) is 22.3 Å². The van der Waals surface area contributed by atoms with Crippen molar-refractivity contribution in [1.29, 1.82) is 0 Å². The number of aromatic nitrogens is 4. The van der Waals surface area contributed by atoms with Crippen LogP contribution in [-0.4, -0.2) is 14.1 Å². The molecule has 0 fully saturated rings. The second-order valence-corrected chi connectivity index (χ2v) is 5.01. The Labute approximate surface area is 126 Å². The molecule has 2 aromatic heterocycles. The number of halogens is 2. The second-order valence-electron chi connectivity index (χ2n) is 5.01. The van der Waals surface area contributed by atoms with Crippen molar-refractivity contribution < 1.29 is 13.8 Å². The zero-order chi connectivity index (χ0) is 16.9. The van der Waals surface area contributed by atoms with E-state index in [2.05, 4.69) is 9.97 Å². The lowest BCUT2D eigenvalue weighted by molar-refractivity contribution is -0.374. The van der Waals surface area contributed by atoms with E-state index in [1.165, 1.54) is 20.2 Å². The summed E-state index contributed by atoms with van der Waals surface area (Å²) >= 11 is 0. The van der Waals surface area contributed by atoms with Crippen LogP contribution >= 0.6 is 0 Å². The Hall–Kier alpha value is -3.10. The molecule has 23 heavy (non-hydrogen) atoms. The van der Waals surface area contributed by atoms with Crippen LogP contribution < -0.4 is 21.9 Å². The van der Waals surface area contributed by atoms with Crippen molar-refractivity contribution in [3.05, 3.63) is 61.2 Å². The van der Waals surface area contributed by atoms with Crippen molar-refractivity contribution in [3.63, 3.8) is 0 Å². The van der Waals surface area contributed by atoms with Crippen LogP contribution in [0.3, 0.4) is 0 Å². The van der Waals surface area contributed by atoms with Gasteiger partial charge in [0.2, 0.25) is 5.65 Å². The van der Waals surface area contributed by atoms with Gasteiger partial charge >= 0.3 is 11.4 Å². The van der Waals surface area contributed by atoms with Gasteiger partial charge in [-0.2, -0.15) is 0 Å². The number of nitrogens with zero attached hydrogens (tertiary/aromatic N) is 2. The molecule has 0 saturated carbocycles. The van der Waals surface area contributed by atoms with E-state index in [1.807, 2.05) is 0 Å². The van der Waals surface area contributed by atoms with Gasteiger partial charge in [0, 0.05) is 12.6 Å². The molecule has 0 spiro atoms. The predicted molar refractivity (Wildman–Crippen MR) is 77.0 cm³/mol. The molecular formula is C14H11F2N4O3+. The first-order valence-corrected chi connectivity index (χ1v) is 6.52. The molecule has 2 N–H and O–H groups in total. The van der Waals surface area contributed by atoms with Crippen molar-refractivity contribution >= 4 is 11.0 Å². The number of rotatable bonds is 1. The summed E-state index contributed by atoms with van der Waals surface area (Å²) in [5.74, 6) is -2.17. The molecule has 1 aromatic carbocycles. The van der Waals surface area contributed by atoms with Gasteiger partial charge in [0.05, 0.1) is 7.05 Å². The first-order chi connectivity index (χ1) is 10.8. The van der Waals surface area contributed by atoms with Crippen LogP contribution in [0.25, 0.3) is 22.3 Å². The number of aromatic amines is 2. The van der Waals surface area contributed by atoms with E-state index in [0.717, 1.165) is 21.3 Å². The lowest BCUT2D eigenvalue weighted by atomic mass is 10.1. The Morgan fingerprint density at radius 1 is 1.04 bits per heavy atom. The molecule has 0 bridgehead atoms. The van der Waals surface area contributed by atoms with Crippen LogP contribution in [0, 0.1) is 11.6 Å². The van der Waals surface area contributed by atoms with Crippen LogP contribution in [0.5, 0.6) is 0 Å².